The van der Waals surface area contributed by atoms with E-state index < -0.39 is 0 Å². The molecule has 8 heteroatoms. The van der Waals surface area contributed by atoms with Gasteiger partial charge in [0.25, 0.3) is 5.91 Å². The van der Waals surface area contributed by atoms with Crippen molar-refractivity contribution in [3.63, 3.8) is 0 Å². The molecule has 1 aliphatic heterocycles. The molecule has 1 heterocycles. The lowest BCUT2D eigenvalue weighted by Crippen LogP contribution is -2.19. The Morgan fingerprint density at radius 1 is 1.03 bits per heavy atom. The zero-order chi connectivity index (χ0) is 21.8. The third-order valence-corrected chi connectivity index (χ3v) is 6.54. The van der Waals surface area contributed by atoms with Gasteiger partial charge < -0.3 is 10.1 Å². The van der Waals surface area contributed by atoms with E-state index in [1.54, 1.807) is 18.2 Å². The number of hydrogen-bond donors (Lipinski definition) is 1. The van der Waals surface area contributed by atoms with Crippen LogP contribution in [0.2, 0.25) is 10.0 Å². The molecule has 4 rings (SSSR count). The Labute approximate surface area is 202 Å². The van der Waals surface area contributed by atoms with Gasteiger partial charge in [0.2, 0.25) is 0 Å². The summed E-state index contributed by atoms with van der Waals surface area (Å²) in [5.74, 6) is 0.528. The minimum Gasteiger partial charge on any atom is -0.488 e. The van der Waals surface area contributed by atoms with Gasteiger partial charge >= 0.3 is 0 Å². The molecule has 31 heavy (non-hydrogen) atoms. The smallest absolute Gasteiger partial charge is 0.264 e. The van der Waals surface area contributed by atoms with Crippen molar-refractivity contribution in [2.24, 2.45) is 4.99 Å². The first kappa shape index (κ1) is 22.0. The van der Waals surface area contributed by atoms with Crippen LogP contribution in [0.5, 0.6) is 5.75 Å². The van der Waals surface area contributed by atoms with E-state index in [0.29, 0.717) is 32.4 Å². The fraction of sp³-hybridized carbons (Fsp3) is 0.0435. The van der Waals surface area contributed by atoms with Crippen molar-refractivity contribution in [1.82, 2.24) is 5.32 Å². The van der Waals surface area contributed by atoms with Crippen LogP contribution in [0.1, 0.15) is 11.1 Å². The van der Waals surface area contributed by atoms with E-state index in [2.05, 4.69) is 26.2 Å². The summed E-state index contributed by atoms with van der Waals surface area (Å²) >= 11 is 16.8. The molecule has 0 aromatic heterocycles. The Morgan fingerprint density at radius 2 is 1.84 bits per heavy atom. The molecule has 1 saturated heterocycles. The van der Waals surface area contributed by atoms with Crippen molar-refractivity contribution >= 4 is 73.7 Å². The summed E-state index contributed by atoms with van der Waals surface area (Å²) in [6.45, 7) is 0.479. The molecular formula is C23H15BrCl2N2O2S. The maximum atomic E-state index is 12.3. The average Bonchev–Trinajstić information content (AvgIpc) is 3.09. The van der Waals surface area contributed by atoms with Crippen molar-refractivity contribution in [3.05, 3.63) is 97.3 Å². The monoisotopic (exact) mass is 532 g/mol. The van der Waals surface area contributed by atoms with E-state index >= 15 is 0 Å². The molecule has 3 aromatic rings. The number of ether oxygens (including phenoxy) is 1. The van der Waals surface area contributed by atoms with Gasteiger partial charge in [0.05, 0.1) is 25.1 Å². The summed E-state index contributed by atoms with van der Waals surface area (Å²) in [4.78, 5) is 17.3. The van der Waals surface area contributed by atoms with E-state index in [-0.39, 0.29) is 5.91 Å². The summed E-state index contributed by atoms with van der Waals surface area (Å²) in [5, 5.41) is 4.11. The molecule has 1 fully saturated rings. The molecule has 1 aliphatic rings. The first-order valence-corrected chi connectivity index (χ1v) is 11.6. The van der Waals surface area contributed by atoms with Gasteiger partial charge in [-0.05, 0) is 75.2 Å². The zero-order valence-electron chi connectivity index (χ0n) is 15.9. The lowest BCUT2D eigenvalue weighted by atomic mass is 10.2. The highest BCUT2D eigenvalue weighted by Gasteiger charge is 2.24. The highest BCUT2D eigenvalue weighted by atomic mass is 79.9. The minimum absolute atomic E-state index is 0.204. The largest absolute Gasteiger partial charge is 0.488 e. The number of halogens is 3. The fourth-order valence-corrected chi connectivity index (χ4v) is 4.41. The lowest BCUT2D eigenvalue weighted by molar-refractivity contribution is -0.115. The van der Waals surface area contributed by atoms with E-state index in [4.69, 9.17) is 27.9 Å². The second kappa shape index (κ2) is 9.92. The van der Waals surface area contributed by atoms with Crippen LogP contribution in [0.3, 0.4) is 0 Å². The molecule has 0 saturated carbocycles. The van der Waals surface area contributed by atoms with Gasteiger partial charge in [-0.25, -0.2) is 4.99 Å². The van der Waals surface area contributed by atoms with Gasteiger partial charge in [-0.3, -0.25) is 4.79 Å². The minimum atomic E-state index is -0.204. The topological polar surface area (TPSA) is 50.7 Å². The number of carbonyl (C=O) groups excluding carboxylic acids is 1. The van der Waals surface area contributed by atoms with Crippen molar-refractivity contribution in [2.45, 2.75) is 6.61 Å². The Balaban J connectivity index is 1.46. The van der Waals surface area contributed by atoms with Crippen LogP contribution in [0.15, 0.2) is 81.1 Å². The van der Waals surface area contributed by atoms with Gasteiger partial charge in [-0.2, -0.15) is 0 Å². The van der Waals surface area contributed by atoms with Gasteiger partial charge in [0, 0.05) is 0 Å². The van der Waals surface area contributed by atoms with Crippen LogP contribution in [-0.2, 0) is 11.4 Å². The van der Waals surface area contributed by atoms with Crippen LogP contribution in [0, 0.1) is 0 Å². The summed E-state index contributed by atoms with van der Waals surface area (Å²) < 4.78 is 6.69. The van der Waals surface area contributed by atoms with Crippen LogP contribution in [0.4, 0.5) is 5.69 Å². The Kier molecular flexibility index (Phi) is 7.02. The highest BCUT2D eigenvalue weighted by molar-refractivity contribution is 9.10. The molecule has 0 radical (unpaired) electrons. The van der Waals surface area contributed by atoms with Crippen molar-refractivity contribution in [1.29, 1.82) is 0 Å². The van der Waals surface area contributed by atoms with Gasteiger partial charge in [0.15, 0.2) is 5.17 Å². The Hall–Kier alpha value is -2.25. The number of hydrogen-bond acceptors (Lipinski definition) is 4. The fourth-order valence-electron chi connectivity index (χ4n) is 2.76. The quantitative estimate of drug-likeness (QED) is 0.352. The summed E-state index contributed by atoms with van der Waals surface area (Å²) in [7, 11) is 0. The SMILES string of the molecule is O=C1NC(=Nc2ccc(Cl)c(Cl)c2)S/C1=C/c1ccc(OCc2ccccc2)c(Br)c1. The molecule has 0 unspecified atom stereocenters. The summed E-state index contributed by atoms with van der Waals surface area (Å²) in [5.41, 5.74) is 2.57. The molecule has 1 N–H and O–H groups in total. The average molecular weight is 534 g/mol. The number of nitrogens with one attached hydrogen (secondary N) is 1. The van der Waals surface area contributed by atoms with Crippen molar-refractivity contribution in [2.75, 3.05) is 0 Å². The predicted octanol–water partition coefficient (Wildman–Crippen LogP) is 7.23. The van der Waals surface area contributed by atoms with Crippen molar-refractivity contribution in [3.8, 4) is 5.75 Å². The Morgan fingerprint density at radius 3 is 2.58 bits per heavy atom. The molecule has 1 amide bonds. The number of amides is 1. The molecule has 156 valence electrons. The van der Waals surface area contributed by atoms with Crippen LogP contribution in [0.25, 0.3) is 6.08 Å². The zero-order valence-corrected chi connectivity index (χ0v) is 19.9. The molecule has 0 atom stereocenters. The number of benzene rings is 3. The molecular weight excluding hydrogens is 519 g/mol. The second-order valence-electron chi connectivity index (χ2n) is 6.54. The normalized spacial score (nSPS) is 16.0. The van der Waals surface area contributed by atoms with Crippen LogP contribution in [-0.4, -0.2) is 11.1 Å². The number of carbonyl (C=O) groups is 1. The molecule has 0 bridgehead atoms. The maximum Gasteiger partial charge on any atom is 0.264 e. The first-order valence-electron chi connectivity index (χ1n) is 9.19. The van der Waals surface area contributed by atoms with E-state index in [1.807, 2.05) is 54.6 Å². The first-order chi connectivity index (χ1) is 15.0. The lowest BCUT2D eigenvalue weighted by Gasteiger charge is -2.09. The Bertz CT molecular complexity index is 1200. The molecule has 0 aliphatic carbocycles. The third-order valence-electron chi connectivity index (χ3n) is 4.28. The highest BCUT2D eigenvalue weighted by Crippen LogP contribution is 2.32. The number of nitrogens with zero attached hydrogens (tertiary/aromatic N) is 1. The third kappa shape index (κ3) is 5.71. The standard InChI is InChI=1S/C23H15BrCl2N2O2S/c24-17-10-15(6-9-20(17)30-13-14-4-2-1-3-5-14)11-21-22(29)28-23(31-21)27-16-7-8-18(25)19(26)12-16/h1-12H,13H2,(H,27,28,29)/b21-11+. The molecule has 0 spiro atoms. The molecule has 3 aromatic carbocycles. The maximum absolute atomic E-state index is 12.3. The van der Waals surface area contributed by atoms with Gasteiger partial charge in [-0.1, -0.05) is 59.6 Å². The van der Waals surface area contributed by atoms with E-state index in [0.717, 1.165) is 21.3 Å². The molecule has 4 nitrogen and oxygen atoms in total. The second-order valence-corrected chi connectivity index (χ2v) is 9.24. The number of thioether (sulfide) groups is 1. The number of amidine groups is 1. The number of aliphatic imine (C=N–C) groups is 1. The van der Waals surface area contributed by atoms with E-state index in [1.165, 1.54) is 11.8 Å². The van der Waals surface area contributed by atoms with Crippen LogP contribution < -0.4 is 10.1 Å². The van der Waals surface area contributed by atoms with Crippen molar-refractivity contribution < 1.29 is 9.53 Å². The predicted molar refractivity (Wildman–Crippen MR) is 132 cm³/mol. The van der Waals surface area contributed by atoms with E-state index in [9.17, 15) is 4.79 Å². The van der Waals surface area contributed by atoms with Gasteiger partial charge in [-0.15, -0.1) is 0 Å². The number of rotatable bonds is 5. The van der Waals surface area contributed by atoms with Crippen LogP contribution >= 0.6 is 50.9 Å². The van der Waals surface area contributed by atoms with Gasteiger partial charge in [0.1, 0.15) is 12.4 Å². The summed E-state index contributed by atoms with van der Waals surface area (Å²) in [6, 6.07) is 20.7. The summed E-state index contributed by atoms with van der Waals surface area (Å²) in [6.07, 6.45) is 1.81.